The zero-order chi connectivity index (χ0) is 15.5. The fraction of sp³-hybridized carbons (Fsp3) is 0.0556. The third-order valence-electron chi connectivity index (χ3n) is 3.55. The third-order valence-corrected chi connectivity index (χ3v) is 3.55. The first-order chi connectivity index (χ1) is 11.4. The van der Waals surface area contributed by atoms with E-state index in [1.54, 1.807) is 6.20 Å². The number of nitrogens with zero attached hydrogens (tertiary/aromatic N) is 4. The highest BCUT2D eigenvalue weighted by Gasteiger charge is 2.11. The van der Waals surface area contributed by atoms with Crippen molar-refractivity contribution in [3.63, 3.8) is 0 Å². The number of aromatic nitrogens is 4. The van der Waals surface area contributed by atoms with Gasteiger partial charge in [-0.1, -0.05) is 65.8 Å². The molecule has 0 aliphatic carbocycles. The minimum atomic E-state index is 0.490. The molecule has 5 heteroatoms. The van der Waals surface area contributed by atoms with Gasteiger partial charge in [-0.2, -0.15) is 4.98 Å². The van der Waals surface area contributed by atoms with Crippen molar-refractivity contribution in [2.45, 2.75) is 6.54 Å². The Morgan fingerprint density at radius 2 is 1.57 bits per heavy atom. The maximum Gasteiger partial charge on any atom is 0.246 e. The molecule has 0 unspecified atom stereocenters. The number of hydrogen-bond acceptors (Lipinski definition) is 4. The van der Waals surface area contributed by atoms with E-state index in [9.17, 15) is 0 Å². The summed E-state index contributed by atoms with van der Waals surface area (Å²) in [5.74, 6) is 2.03. The summed E-state index contributed by atoms with van der Waals surface area (Å²) in [4.78, 5) is 8.88. The molecule has 5 nitrogen and oxygen atoms in total. The first-order valence-corrected chi connectivity index (χ1v) is 7.35. The van der Waals surface area contributed by atoms with Gasteiger partial charge in [-0.3, -0.25) is 0 Å². The summed E-state index contributed by atoms with van der Waals surface area (Å²) in [7, 11) is 0. The van der Waals surface area contributed by atoms with Gasteiger partial charge in [0.1, 0.15) is 12.4 Å². The highest BCUT2D eigenvalue weighted by atomic mass is 16.5. The highest BCUT2D eigenvalue weighted by Crippen LogP contribution is 2.19. The van der Waals surface area contributed by atoms with Crippen LogP contribution in [0, 0.1) is 0 Å². The lowest BCUT2D eigenvalue weighted by Gasteiger charge is -2.04. The smallest absolute Gasteiger partial charge is 0.246 e. The number of rotatable bonds is 4. The summed E-state index contributed by atoms with van der Waals surface area (Å²) in [5.41, 5.74) is 2.00. The molecule has 23 heavy (non-hydrogen) atoms. The molecule has 0 fully saturated rings. The van der Waals surface area contributed by atoms with Gasteiger partial charge in [0, 0.05) is 23.5 Å². The predicted molar refractivity (Wildman–Crippen MR) is 86.5 cm³/mol. The predicted octanol–water partition coefficient (Wildman–Crippen LogP) is 3.65. The monoisotopic (exact) mass is 302 g/mol. The molecule has 4 aromatic rings. The molecule has 0 radical (unpaired) electrons. The van der Waals surface area contributed by atoms with E-state index in [0.717, 1.165) is 17.0 Å². The number of imidazole rings is 1. The van der Waals surface area contributed by atoms with Crippen molar-refractivity contribution in [1.29, 1.82) is 0 Å². The Morgan fingerprint density at radius 3 is 2.30 bits per heavy atom. The lowest BCUT2D eigenvalue weighted by Crippen LogP contribution is -2.01. The Morgan fingerprint density at radius 1 is 0.870 bits per heavy atom. The van der Waals surface area contributed by atoms with E-state index in [1.165, 1.54) is 0 Å². The van der Waals surface area contributed by atoms with Crippen LogP contribution in [0.15, 0.2) is 77.6 Å². The average Bonchev–Trinajstić information content (AvgIpc) is 3.26. The lowest BCUT2D eigenvalue weighted by atomic mass is 10.2. The van der Waals surface area contributed by atoms with Crippen molar-refractivity contribution < 1.29 is 4.52 Å². The van der Waals surface area contributed by atoms with Gasteiger partial charge in [0.15, 0.2) is 0 Å². The molecule has 0 N–H and O–H groups in total. The van der Waals surface area contributed by atoms with Crippen molar-refractivity contribution in [2.75, 3.05) is 0 Å². The van der Waals surface area contributed by atoms with Gasteiger partial charge in [0.05, 0.1) is 0 Å². The Labute approximate surface area is 133 Å². The van der Waals surface area contributed by atoms with Crippen LogP contribution in [0.3, 0.4) is 0 Å². The molecule has 2 aromatic carbocycles. The lowest BCUT2D eigenvalue weighted by molar-refractivity contribution is 0.372. The van der Waals surface area contributed by atoms with Gasteiger partial charge in [0.25, 0.3) is 0 Å². The van der Waals surface area contributed by atoms with Crippen LogP contribution < -0.4 is 0 Å². The summed E-state index contributed by atoms with van der Waals surface area (Å²) >= 11 is 0. The summed E-state index contributed by atoms with van der Waals surface area (Å²) in [5, 5.41) is 4.05. The van der Waals surface area contributed by atoms with Gasteiger partial charge in [-0.25, -0.2) is 4.98 Å². The summed E-state index contributed by atoms with van der Waals surface area (Å²) in [6.07, 6.45) is 3.69. The van der Waals surface area contributed by atoms with E-state index < -0.39 is 0 Å². The van der Waals surface area contributed by atoms with E-state index >= 15 is 0 Å². The Hall–Kier alpha value is -3.21. The second-order valence-electron chi connectivity index (χ2n) is 5.12. The molecule has 0 saturated heterocycles. The van der Waals surface area contributed by atoms with Gasteiger partial charge >= 0.3 is 0 Å². The van der Waals surface area contributed by atoms with Crippen LogP contribution in [0.5, 0.6) is 0 Å². The largest absolute Gasteiger partial charge is 0.337 e. The zero-order valence-electron chi connectivity index (χ0n) is 12.3. The molecule has 2 heterocycles. The maximum absolute atomic E-state index is 5.37. The molecule has 0 spiro atoms. The second-order valence-corrected chi connectivity index (χ2v) is 5.12. The van der Waals surface area contributed by atoms with Crippen LogP contribution in [0.1, 0.15) is 5.89 Å². The van der Waals surface area contributed by atoms with E-state index in [-0.39, 0.29) is 0 Å². The molecule has 112 valence electrons. The summed E-state index contributed by atoms with van der Waals surface area (Å²) in [6, 6.07) is 19.8. The molecule has 0 atom stereocenters. The number of hydrogen-bond donors (Lipinski definition) is 0. The van der Waals surface area contributed by atoms with Crippen molar-refractivity contribution in [2.24, 2.45) is 0 Å². The molecule has 2 aromatic heterocycles. The Bertz CT molecular complexity index is 897. The molecule has 0 bridgehead atoms. The highest BCUT2D eigenvalue weighted by molar-refractivity contribution is 5.55. The van der Waals surface area contributed by atoms with Crippen LogP contribution in [0.4, 0.5) is 0 Å². The minimum Gasteiger partial charge on any atom is -0.337 e. The first kappa shape index (κ1) is 13.5. The number of benzene rings is 2. The van der Waals surface area contributed by atoms with Crippen LogP contribution in [-0.4, -0.2) is 19.7 Å². The van der Waals surface area contributed by atoms with Crippen LogP contribution in [0.25, 0.3) is 22.8 Å². The standard InChI is InChI=1S/C18H14N4O/c1-3-7-14(8-4-1)17-20-16(23-21-17)13-22-12-11-19-18(22)15-9-5-2-6-10-15/h1-12H,13H2. The first-order valence-electron chi connectivity index (χ1n) is 7.35. The molecule has 0 saturated carbocycles. The van der Waals surface area contributed by atoms with E-state index in [4.69, 9.17) is 4.52 Å². The van der Waals surface area contributed by atoms with Gasteiger partial charge in [0.2, 0.25) is 11.7 Å². The van der Waals surface area contributed by atoms with Crippen molar-refractivity contribution in [3.05, 3.63) is 78.9 Å². The van der Waals surface area contributed by atoms with Crippen LogP contribution in [0.2, 0.25) is 0 Å². The Balaban J connectivity index is 1.61. The van der Waals surface area contributed by atoms with Crippen LogP contribution in [-0.2, 0) is 6.54 Å². The van der Waals surface area contributed by atoms with Gasteiger partial charge < -0.3 is 9.09 Å². The Kier molecular flexibility index (Phi) is 3.44. The van der Waals surface area contributed by atoms with Crippen LogP contribution >= 0.6 is 0 Å². The molecular formula is C18H14N4O. The van der Waals surface area contributed by atoms with E-state index in [2.05, 4.69) is 15.1 Å². The zero-order valence-corrected chi connectivity index (χ0v) is 12.3. The SMILES string of the molecule is c1ccc(-c2noc(Cn3ccnc3-c3ccccc3)n2)cc1. The van der Waals surface area contributed by atoms with Gasteiger partial charge in [-0.15, -0.1) is 0 Å². The van der Waals surface area contributed by atoms with Gasteiger partial charge in [-0.05, 0) is 0 Å². The van der Waals surface area contributed by atoms with E-state index in [0.29, 0.717) is 18.3 Å². The summed E-state index contributed by atoms with van der Waals surface area (Å²) < 4.78 is 7.37. The molecular weight excluding hydrogens is 288 g/mol. The normalized spacial score (nSPS) is 10.8. The van der Waals surface area contributed by atoms with Crippen molar-refractivity contribution in [3.8, 4) is 22.8 Å². The molecule has 4 rings (SSSR count). The average molecular weight is 302 g/mol. The minimum absolute atomic E-state index is 0.490. The van der Waals surface area contributed by atoms with Crippen molar-refractivity contribution >= 4 is 0 Å². The maximum atomic E-state index is 5.37. The topological polar surface area (TPSA) is 56.7 Å². The second kappa shape index (κ2) is 5.88. The third kappa shape index (κ3) is 2.76. The van der Waals surface area contributed by atoms with Crippen molar-refractivity contribution in [1.82, 2.24) is 19.7 Å². The molecule has 0 aliphatic rings. The molecule has 0 amide bonds. The summed E-state index contributed by atoms with van der Waals surface area (Å²) in [6.45, 7) is 0.490. The fourth-order valence-electron chi connectivity index (χ4n) is 2.45. The molecule has 0 aliphatic heterocycles. The van der Waals surface area contributed by atoms with E-state index in [1.807, 2.05) is 71.4 Å². The quantitative estimate of drug-likeness (QED) is 0.577. The fourth-order valence-corrected chi connectivity index (χ4v) is 2.45.